The molecule has 3 heteroatoms. The molecule has 1 rings (SSSR count). The third-order valence-electron chi connectivity index (χ3n) is 1.11. The van der Waals surface area contributed by atoms with E-state index in [0.717, 1.165) is 10.6 Å². The summed E-state index contributed by atoms with van der Waals surface area (Å²) >= 11 is 1.38. The molecule has 0 aliphatic heterocycles. The number of thioether (sulfide) groups is 1. The zero-order chi connectivity index (χ0) is 7.40. The lowest BCUT2D eigenvalue weighted by Crippen LogP contribution is -1.82. The fourth-order valence-electron chi connectivity index (χ4n) is 0.639. The average Bonchev–Trinajstić information content (AvgIpc) is 1.95. The van der Waals surface area contributed by atoms with Crippen molar-refractivity contribution in [2.24, 2.45) is 0 Å². The Hall–Kier alpha value is -0.670. The molecule has 0 amide bonds. The van der Waals surface area contributed by atoms with E-state index in [1.54, 1.807) is 0 Å². The van der Waals surface area contributed by atoms with E-state index in [0.29, 0.717) is 0 Å². The van der Waals surface area contributed by atoms with E-state index in [2.05, 4.69) is 0 Å². The Kier molecular flexibility index (Phi) is 2.59. The Morgan fingerprint density at radius 3 is 2.40 bits per heavy atom. The molecule has 0 spiro atoms. The molecule has 3 N–H and O–H groups in total. The van der Waals surface area contributed by atoms with E-state index < -0.39 is 0 Å². The highest BCUT2D eigenvalue weighted by Gasteiger charge is 1.89. The molecular formula is C7H9NOS. The second-order valence-electron chi connectivity index (χ2n) is 1.84. The molecule has 0 fully saturated rings. The average molecular weight is 155 g/mol. The number of benzene rings is 1. The number of anilines is 1. The van der Waals surface area contributed by atoms with Crippen LogP contribution >= 0.6 is 11.8 Å². The minimum absolute atomic E-state index is 0.115. The van der Waals surface area contributed by atoms with Gasteiger partial charge in [0.15, 0.2) is 0 Å². The van der Waals surface area contributed by atoms with Crippen molar-refractivity contribution >= 4 is 17.4 Å². The van der Waals surface area contributed by atoms with Gasteiger partial charge in [-0.2, -0.15) is 0 Å². The minimum atomic E-state index is 0.115. The van der Waals surface area contributed by atoms with Crippen LogP contribution in [0.1, 0.15) is 0 Å². The molecule has 10 heavy (non-hydrogen) atoms. The monoisotopic (exact) mass is 155 g/mol. The van der Waals surface area contributed by atoms with Crippen molar-refractivity contribution in [3.05, 3.63) is 24.3 Å². The quantitative estimate of drug-likeness (QED) is 0.384. The van der Waals surface area contributed by atoms with Crippen LogP contribution in [0.3, 0.4) is 0 Å². The van der Waals surface area contributed by atoms with Crippen molar-refractivity contribution in [3.8, 4) is 0 Å². The third kappa shape index (κ3) is 1.93. The summed E-state index contributed by atoms with van der Waals surface area (Å²) in [6.45, 7) is 0. The Labute approximate surface area is 64.1 Å². The van der Waals surface area contributed by atoms with Crippen molar-refractivity contribution in [2.45, 2.75) is 4.90 Å². The largest absolute Gasteiger partial charge is 0.399 e. The van der Waals surface area contributed by atoms with Gasteiger partial charge in [-0.25, -0.2) is 0 Å². The van der Waals surface area contributed by atoms with E-state index in [1.807, 2.05) is 24.3 Å². The van der Waals surface area contributed by atoms with Crippen LogP contribution in [-0.4, -0.2) is 11.0 Å². The molecule has 0 atom stereocenters. The zero-order valence-electron chi connectivity index (χ0n) is 5.45. The molecule has 1 aromatic rings. The van der Waals surface area contributed by atoms with E-state index in [9.17, 15) is 0 Å². The molecule has 0 bridgehead atoms. The van der Waals surface area contributed by atoms with Gasteiger partial charge in [-0.3, -0.25) is 0 Å². The number of rotatable bonds is 2. The number of hydrogen-bond donors (Lipinski definition) is 2. The Morgan fingerprint density at radius 2 is 1.90 bits per heavy atom. The molecule has 0 aliphatic carbocycles. The first kappa shape index (κ1) is 7.44. The summed E-state index contributed by atoms with van der Waals surface area (Å²) in [6, 6.07) is 7.41. The van der Waals surface area contributed by atoms with Crippen LogP contribution in [0.15, 0.2) is 29.2 Å². The lowest BCUT2D eigenvalue weighted by Gasteiger charge is -1.96. The SMILES string of the molecule is Nc1ccc(SCO)cc1. The third-order valence-corrected chi connectivity index (χ3v) is 1.85. The molecule has 0 radical (unpaired) electrons. The van der Waals surface area contributed by atoms with Gasteiger partial charge in [-0.1, -0.05) is 11.8 Å². The lowest BCUT2D eigenvalue weighted by atomic mass is 10.3. The van der Waals surface area contributed by atoms with Crippen molar-refractivity contribution in [1.29, 1.82) is 0 Å². The van der Waals surface area contributed by atoms with E-state index in [-0.39, 0.29) is 5.94 Å². The van der Waals surface area contributed by atoms with E-state index in [4.69, 9.17) is 10.8 Å². The van der Waals surface area contributed by atoms with Gasteiger partial charge in [0.1, 0.15) is 0 Å². The first-order chi connectivity index (χ1) is 4.83. The van der Waals surface area contributed by atoms with Gasteiger partial charge in [-0.15, -0.1) is 0 Å². The molecule has 0 heterocycles. The maximum atomic E-state index is 8.52. The number of nitrogen functional groups attached to an aromatic ring is 1. The molecule has 0 saturated carbocycles. The van der Waals surface area contributed by atoms with Crippen LogP contribution < -0.4 is 5.73 Å². The second-order valence-corrected chi connectivity index (χ2v) is 2.86. The summed E-state index contributed by atoms with van der Waals surface area (Å²) < 4.78 is 0. The molecule has 0 aliphatic rings. The van der Waals surface area contributed by atoms with Crippen LogP contribution in [0.2, 0.25) is 0 Å². The fourth-order valence-corrected chi connectivity index (χ4v) is 1.12. The summed E-state index contributed by atoms with van der Waals surface area (Å²) in [7, 11) is 0. The minimum Gasteiger partial charge on any atom is -0.399 e. The Balaban J connectivity index is 2.69. The summed E-state index contributed by atoms with van der Waals surface area (Å²) in [5.41, 5.74) is 6.20. The highest BCUT2D eigenvalue weighted by Crippen LogP contribution is 2.17. The molecule has 54 valence electrons. The predicted octanol–water partition coefficient (Wildman–Crippen LogP) is 1.31. The summed E-state index contributed by atoms with van der Waals surface area (Å²) in [5, 5.41) is 8.52. The number of aliphatic hydroxyl groups excluding tert-OH is 1. The number of nitrogens with two attached hydrogens (primary N) is 1. The highest BCUT2D eigenvalue weighted by atomic mass is 32.2. The van der Waals surface area contributed by atoms with Crippen molar-refractivity contribution < 1.29 is 5.11 Å². The van der Waals surface area contributed by atoms with Crippen LogP contribution in [-0.2, 0) is 0 Å². The standard InChI is InChI=1S/C7H9NOS/c8-6-1-3-7(4-2-6)10-5-9/h1-4,9H,5,8H2. The van der Waals surface area contributed by atoms with Crippen molar-refractivity contribution in [3.63, 3.8) is 0 Å². The van der Waals surface area contributed by atoms with Crippen LogP contribution in [0.4, 0.5) is 5.69 Å². The maximum absolute atomic E-state index is 8.52. The second kappa shape index (κ2) is 3.49. The van der Waals surface area contributed by atoms with Gasteiger partial charge in [-0.05, 0) is 24.3 Å². The van der Waals surface area contributed by atoms with Gasteiger partial charge in [0, 0.05) is 10.6 Å². The Morgan fingerprint density at radius 1 is 1.30 bits per heavy atom. The van der Waals surface area contributed by atoms with Gasteiger partial charge in [0.25, 0.3) is 0 Å². The van der Waals surface area contributed by atoms with Gasteiger partial charge in [0.05, 0.1) is 5.94 Å². The van der Waals surface area contributed by atoms with Crippen LogP contribution in [0, 0.1) is 0 Å². The molecule has 0 saturated heterocycles. The summed E-state index contributed by atoms with van der Waals surface area (Å²) in [4.78, 5) is 1.04. The normalized spacial score (nSPS) is 9.70. The first-order valence-corrected chi connectivity index (χ1v) is 3.90. The first-order valence-electron chi connectivity index (χ1n) is 2.92. The highest BCUT2D eigenvalue weighted by molar-refractivity contribution is 7.99. The zero-order valence-corrected chi connectivity index (χ0v) is 6.27. The van der Waals surface area contributed by atoms with Gasteiger partial charge in [0.2, 0.25) is 0 Å². The van der Waals surface area contributed by atoms with E-state index in [1.165, 1.54) is 11.8 Å². The van der Waals surface area contributed by atoms with E-state index >= 15 is 0 Å². The summed E-state index contributed by atoms with van der Waals surface area (Å²) in [6.07, 6.45) is 0. The molecular weight excluding hydrogens is 146 g/mol. The predicted molar refractivity (Wildman–Crippen MR) is 43.8 cm³/mol. The Bertz CT molecular complexity index is 197. The lowest BCUT2D eigenvalue weighted by molar-refractivity contribution is 0.375. The fraction of sp³-hybridized carbons (Fsp3) is 0.143. The van der Waals surface area contributed by atoms with Crippen LogP contribution in [0.25, 0.3) is 0 Å². The van der Waals surface area contributed by atoms with Crippen molar-refractivity contribution in [2.75, 3.05) is 11.7 Å². The molecule has 2 nitrogen and oxygen atoms in total. The molecule has 0 aromatic heterocycles. The molecule has 0 unspecified atom stereocenters. The van der Waals surface area contributed by atoms with Gasteiger partial charge >= 0.3 is 0 Å². The number of hydrogen-bond acceptors (Lipinski definition) is 3. The maximum Gasteiger partial charge on any atom is 0.0932 e. The summed E-state index contributed by atoms with van der Waals surface area (Å²) in [5.74, 6) is 0.115. The number of aliphatic hydroxyl groups is 1. The molecule has 1 aromatic carbocycles. The smallest absolute Gasteiger partial charge is 0.0932 e. The van der Waals surface area contributed by atoms with Crippen LogP contribution in [0.5, 0.6) is 0 Å². The topological polar surface area (TPSA) is 46.2 Å². The van der Waals surface area contributed by atoms with Gasteiger partial charge < -0.3 is 10.8 Å². The van der Waals surface area contributed by atoms with Crippen molar-refractivity contribution in [1.82, 2.24) is 0 Å².